The fourth-order valence-electron chi connectivity index (χ4n) is 3.17. The molecule has 1 heterocycles. The van der Waals surface area contributed by atoms with E-state index in [9.17, 15) is 5.11 Å². The van der Waals surface area contributed by atoms with Crippen LogP contribution in [0.1, 0.15) is 65.0 Å². The first kappa shape index (κ1) is 19.0. The number of aromatic nitrogens is 1. The van der Waals surface area contributed by atoms with E-state index >= 15 is 0 Å². The Morgan fingerprint density at radius 3 is 1.86 bits per heavy atom. The summed E-state index contributed by atoms with van der Waals surface area (Å²) in [6.45, 7) is 6.97. The molecule has 0 atom stereocenters. The Morgan fingerprint density at radius 1 is 0.905 bits per heavy atom. The van der Waals surface area contributed by atoms with Crippen LogP contribution in [0.3, 0.4) is 0 Å². The Kier molecular flexibility index (Phi) is 9.57. The molecule has 0 saturated heterocycles. The van der Waals surface area contributed by atoms with Gasteiger partial charge in [-0.3, -0.25) is 0 Å². The molecular weight excluding hydrogens is 365 g/mol. The molecular formula is C18H33NOSn. The van der Waals surface area contributed by atoms with Crippen LogP contribution in [0.25, 0.3) is 0 Å². The summed E-state index contributed by atoms with van der Waals surface area (Å²) >= 11 is -2.39. The monoisotopic (exact) mass is 399 g/mol. The molecule has 3 heteroatoms. The molecule has 0 aliphatic rings. The molecule has 0 saturated carbocycles. The van der Waals surface area contributed by atoms with Crippen LogP contribution in [-0.2, 0) is 6.61 Å². The second-order valence-electron chi connectivity index (χ2n) is 6.26. The molecule has 0 aliphatic heterocycles. The van der Waals surface area contributed by atoms with Crippen LogP contribution in [-0.4, -0.2) is 28.5 Å². The minimum absolute atomic E-state index is 0.0745. The standard InChI is InChI=1S/C6H6NO.3C4H9.Sn/c8-5-6-3-1-2-4-7-6;3*1-3-4-2;/h1-3,8H,5H2;3*1,3-4H2,2H3;. The zero-order valence-corrected chi connectivity index (χ0v) is 17.1. The van der Waals surface area contributed by atoms with Gasteiger partial charge in [-0.1, -0.05) is 0 Å². The van der Waals surface area contributed by atoms with E-state index in [0.717, 1.165) is 5.69 Å². The normalized spacial score (nSPS) is 11.8. The molecule has 0 aromatic carbocycles. The fraction of sp³-hybridized carbons (Fsp3) is 0.722. The first-order valence-electron chi connectivity index (χ1n) is 8.79. The number of pyridine rings is 1. The van der Waals surface area contributed by atoms with Gasteiger partial charge in [0.1, 0.15) is 0 Å². The molecule has 1 N–H and O–H groups in total. The van der Waals surface area contributed by atoms with E-state index in [1.54, 1.807) is 0 Å². The third-order valence-electron chi connectivity index (χ3n) is 4.54. The summed E-state index contributed by atoms with van der Waals surface area (Å²) in [5.41, 5.74) is 0.859. The second-order valence-corrected chi connectivity index (χ2v) is 19.3. The summed E-state index contributed by atoms with van der Waals surface area (Å²) in [7, 11) is 0. The summed E-state index contributed by atoms with van der Waals surface area (Å²) in [6.07, 6.45) is 7.93. The van der Waals surface area contributed by atoms with Gasteiger partial charge < -0.3 is 0 Å². The van der Waals surface area contributed by atoms with Crippen molar-refractivity contribution in [2.75, 3.05) is 0 Å². The third-order valence-corrected chi connectivity index (χ3v) is 19.7. The van der Waals surface area contributed by atoms with Crippen molar-refractivity contribution in [1.82, 2.24) is 4.98 Å². The van der Waals surface area contributed by atoms with E-state index in [1.165, 1.54) is 55.5 Å². The SMILES string of the molecule is CCC[CH2][Sn]([CH2]CCC)([CH2]CCC)[c]1cccc(CO)n1. The molecule has 1 rings (SSSR count). The molecule has 0 aliphatic carbocycles. The zero-order valence-electron chi connectivity index (χ0n) is 14.2. The molecule has 0 radical (unpaired) electrons. The minimum atomic E-state index is -2.39. The van der Waals surface area contributed by atoms with E-state index in [1.807, 2.05) is 6.07 Å². The molecule has 1 aromatic heterocycles. The van der Waals surface area contributed by atoms with Crippen molar-refractivity contribution in [3.63, 3.8) is 0 Å². The number of aliphatic hydroxyl groups is 1. The van der Waals surface area contributed by atoms with Gasteiger partial charge in [-0.05, 0) is 0 Å². The van der Waals surface area contributed by atoms with Gasteiger partial charge in [0.15, 0.2) is 0 Å². The van der Waals surface area contributed by atoms with E-state index in [-0.39, 0.29) is 6.61 Å². The Labute approximate surface area is 135 Å². The van der Waals surface area contributed by atoms with Crippen LogP contribution >= 0.6 is 0 Å². The van der Waals surface area contributed by atoms with Crippen LogP contribution in [0.15, 0.2) is 18.2 Å². The van der Waals surface area contributed by atoms with Crippen LogP contribution in [0.5, 0.6) is 0 Å². The molecule has 0 fully saturated rings. The average Bonchev–Trinajstić information content (AvgIpc) is 2.54. The topological polar surface area (TPSA) is 33.1 Å². The molecule has 0 unspecified atom stereocenters. The first-order chi connectivity index (χ1) is 10.2. The third kappa shape index (κ3) is 5.90. The summed E-state index contributed by atoms with van der Waals surface area (Å²) in [6, 6.07) is 6.35. The van der Waals surface area contributed by atoms with E-state index in [0.29, 0.717) is 0 Å². The van der Waals surface area contributed by atoms with Crippen LogP contribution in [0.2, 0.25) is 13.3 Å². The van der Waals surface area contributed by atoms with Crippen molar-refractivity contribution < 1.29 is 5.11 Å². The maximum absolute atomic E-state index is 9.42. The van der Waals surface area contributed by atoms with Gasteiger partial charge >= 0.3 is 135 Å². The summed E-state index contributed by atoms with van der Waals surface area (Å²) in [5.74, 6) is 0. The van der Waals surface area contributed by atoms with Gasteiger partial charge in [0.05, 0.1) is 0 Å². The Balaban J connectivity index is 3.09. The summed E-state index contributed by atoms with van der Waals surface area (Å²) in [4.78, 5) is 4.87. The maximum atomic E-state index is 9.42. The van der Waals surface area contributed by atoms with Crippen LogP contribution in [0.4, 0.5) is 0 Å². The number of hydrogen-bond acceptors (Lipinski definition) is 2. The Morgan fingerprint density at radius 2 is 1.43 bits per heavy atom. The van der Waals surface area contributed by atoms with Gasteiger partial charge in [0, 0.05) is 0 Å². The average molecular weight is 398 g/mol. The van der Waals surface area contributed by atoms with Crippen LogP contribution < -0.4 is 3.71 Å². The van der Waals surface area contributed by atoms with Gasteiger partial charge in [-0.15, -0.1) is 0 Å². The predicted octanol–water partition coefficient (Wildman–Crippen LogP) is 4.63. The fourth-order valence-corrected chi connectivity index (χ4v) is 18.7. The molecule has 21 heavy (non-hydrogen) atoms. The summed E-state index contributed by atoms with van der Waals surface area (Å²) in [5, 5.41) is 9.42. The van der Waals surface area contributed by atoms with Crippen molar-refractivity contribution in [2.24, 2.45) is 0 Å². The van der Waals surface area contributed by atoms with Crippen molar-refractivity contribution in [3.05, 3.63) is 23.9 Å². The predicted molar refractivity (Wildman–Crippen MR) is 94.7 cm³/mol. The number of unbranched alkanes of at least 4 members (excludes halogenated alkanes) is 3. The van der Waals surface area contributed by atoms with Crippen molar-refractivity contribution in [2.45, 2.75) is 79.2 Å². The Hall–Kier alpha value is -0.0913. The molecule has 1 aromatic rings. The number of rotatable bonds is 11. The van der Waals surface area contributed by atoms with Crippen LogP contribution in [0, 0.1) is 0 Å². The second kappa shape index (κ2) is 10.6. The molecule has 2 nitrogen and oxygen atoms in total. The van der Waals surface area contributed by atoms with Crippen molar-refractivity contribution >= 4 is 22.1 Å². The van der Waals surface area contributed by atoms with Gasteiger partial charge in [-0.25, -0.2) is 0 Å². The molecule has 120 valence electrons. The summed E-state index contributed by atoms with van der Waals surface area (Å²) < 4.78 is 5.74. The van der Waals surface area contributed by atoms with Gasteiger partial charge in [0.25, 0.3) is 0 Å². The molecule has 0 amide bonds. The number of hydrogen-bond donors (Lipinski definition) is 1. The van der Waals surface area contributed by atoms with Crippen molar-refractivity contribution in [3.8, 4) is 0 Å². The first-order valence-corrected chi connectivity index (χ1v) is 16.3. The Bertz CT molecular complexity index is 373. The van der Waals surface area contributed by atoms with Crippen molar-refractivity contribution in [1.29, 1.82) is 0 Å². The number of aliphatic hydroxyl groups excluding tert-OH is 1. The quantitative estimate of drug-likeness (QED) is 0.552. The van der Waals surface area contributed by atoms with Gasteiger partial charge in [0.2, 0.25) is 0 Å². The van der Waals surface area contributed by atoms with Gasteiger partial charge in [-0.2, -0.15) is 0 Å². The molecule has 0 bridgehead atoms. The van der Waals surface area contributed by atoms with E-state index in [4.69, 9.17) is 4.98 Å². The zero-order chi connectivity index (χ0) is 15.6. The van der Waals surface area contributed by atoms with E-state index < -0.39 is 18.4 Å². The van der Waals surface area contributed by atoms with E-state index in [2.05, 4.69) is 32.9 Å². The molecule has 0 spiro atoms. The number of nitrogens with zero attached hydrogens (tertiary/aromatic N) is 1.